The number of aliphatic hydroxyl groups excluding tert-OH is 1. The van der Waals surface area contributed by atoms with Crippen LogP contribution in [0, 0.1) is 5.92 Å². The molecule has 2 fully saturated rings. The standard InChI is InChI=1S/C15H22N2O/c18-11-13-7-8-16-10-15(13)17-9-3-5-12-4-1-2-6-14(12)17/h7-8,10,12,14,18H,1-6,9,11H2. The third-order valence-electron chi connectivity index (χ3n) is 4.61. The summed E-state index contributed by atoms with van der Waals surface area (Å²) in [4.78, 5) is 6.77. The third-order valence-corrected chi connectivity index (χ3v) is 4.61. The molecule has 0 radical (unpaired) electrons. The molecule has 3 heteroatoms. The molecule has 1 aromatic heterocycles. The number of fused-ring (bicyclic) bond motifs is 1. The third kappa shape index (κ3) is 2.12. The molecule has 1 aromatic rings. The molecule has 1 aliphatic heterocycles. The van der Waals surface area contributed by atoms with E-state index in [-0.39, 0.29) is 6.61 Å². The largest absolute Gasteiger partial charge is 0.392 e. The molecule has 2 unspecified atom stereocenters. The fraction of sp³-hybridized carbons (Fsp3) is 0.667. The Kier molecular flexibility index (Phi) is 3.50. The zero-order chi connectivity index (χ0) is 12.4. The maximum absolute atomic E-state index is 9.49. The first-order valence-electron chi connectivity index (χ1n) is 7.20. The van der Waals surface area contributed by atoms with Crippen molar-refractivity contribution in [2.24, 2.45) is 5.92 Å². The summed E-state index contributed by atoms with van der Waals surface area (Å²) in [5, 5.41) is 9.49. The second-order valence-electron chi connectivity index (χ2n) is 5.61. The minimum absolute atomic E-state index is 0.117. The van der Waals surface area contributed by atoms with E-state index < -0.39 is 0 Å². The molecule has 0 amide bonds. The number of aliphatic hydroxyl groups is 1. The topological polar surface area (TPSA) is 36.4 Å². The normalized spacial score (nSPS) is 27.9. The predicted molar refractivity (Wildman–Crippen MR) is 72.5 cm³/mol. The van der Waals surface area contributed by atoms with Crippen LogP contribution >= 0.6 is 0 Å². The highest BCUT2D eigenvalue weighted by molar-refractivity contribution is 5.53. The van der Waals surface area contributed by atoms with Gasteiger partial charge in [-0.3, -0.25) is 4.98 Å². The fourth-order valence-corrected chi connectivity index (χ4v) is 3.73. The smallest absolute Gasteiger partial charge is 0.0703 e. The van der Waals surface area contributed by atoms with E-state index in [1.165, 1.54) is 38.5 Å². The Labute approximate surface area is 109 Å². The number of rotatable bonds is 2. The molecule has 1 saturated heterocycles. The SMILES string of the molecule is OCc1ccncc1N1CCCC2CCCCC21. The van der Waals surface area contributed by atoms with E-state index in [0.29, 0.717) is 6.04 Å². The van der Waals surface area contributed by atoms with E-state index in [4.69, 9.17) is 0 Å². The van der Waals surface area contributed by atoms with Crippen molar-refractivity contribution in [2.45, 2.75) is 51.2 Å². The highest BCUT2D eigenvalue weighted by Gasteiger charge is 2.33. The van der Waals surface area contributed by atoms with Gasteiger partial charge in [-0.2, -0.15) is 0 Å². The van der Waals surface area contributed by atoms with Gasteiger partial charge >= 0.3 is 0 Å². The van der Waals surface area contributed by atoms with Crippen LogP contribution in [0.5, 0.6) is 0 Å². The van der Waals surface area contributed by atoms with Crippen LogP contribution in [0.4, 0.5) is 5.69 Å². The lowest BCUT2D eigenvalue weighted by Gasteiger charge is -2.45. The Morgan fingerprint density at radius 2 is 2.06 bits per heavy atom. The molecule has 1 aliphatic carbocycles. The molecule has 0 spiro atoms. The van der Waals surface area contributed by atoms with Gasteiger partial charge in [-0.25, -0.2) is 0 Å². The molecule has 1 N–H and O–H groups in total. The minimum atomic E-state index is 0.117. The van der Waals surface area contributed by atoms with E-state index in [2.05, 4.69) is 9.88 Å². The van der Waals surface area contributed by atoms with Crippen LogP contribution < -0.4 is 4.90 Å². The van der Waals surface area contributed by atoms with Crippen molar-refractivity contribution in [1.82, 2.24) is 4.98 Å². The fourth-order valence-electron chi connectivity index (χ4n) is 3.73. The molecule has 98 valence electrons. The van der Waals surface area contributed by atoms with Crippen molar-refractivity contribution >= 4 is 5.69 Å². The quantitative estimate of drug-likeness (QED) is 0.871. The van der Waals surface area contributed by atoms with Crippen LogP contribution in [0.2, 0.25) is 0 Å². The number of pyridine rings is 1. The van der Waals surface area contributed by atoms with Crippen LogP contribution in [0.25, 0.3) is 0 Å². The number of aromatic nitrogens is 1. The summed E-state index contributed by atoms with van der Waals surface area (Å²) in [6.45, 7) is 1.24. The van der Waals surface area contributed by atoms with Gasteiger partial charge in [0.05, 0.1) is 18.5 Å². The van der Waals surface area contributed by atoms with Crippen molar-refractivity contribution in [3.8, 4) is 0 Å². The monoisotopic (exact) mass is 246 g/mol. The molecule has 2 aliphatic rings. The summed E-state index contributed by atoms with van der Waals surface area (Å²) in [5.41, 5.74) is 2.19. The second-order valence-corrected chi connectivity index (χ2v) is 5.61. The maximum Gasteiger partial charge on any atom is 0.0703 e. The van der Waals surface area contributed by atoms with Gasteiger partial charge in [-0.15, -0.1) is 0 Å². The zero-order valence-electron chi connectivity index (χ0n) is 10.9. The van der Waals surface area contributed by atoms with Crippen molar-refractivity contribution in [1.29, 1.82) is 0 Å². The summed E-state index contributed by atoms with van der Waals surface area (Å²) in [7, 11) is 0. The molecule has 3 rings (SSSR count). The van der Waals surface area contributed by atoms with Gasteiger partial charge in [-0.1, -0.05) is 12.8 Å². The molecule has 3 nitrogen and oxygen atoms in total. The van der Waals surface area contributed by atoms with Crippen molar-refractivity contribution in [3.05, 3.63) is 24.0 Å². The van der Waals surface area contributed by atoms with Crippen molar-refractivity contribution in [2.75, 3.05) is 11.4 Å². The number of piperidine rings is 1. The van der Waals surface area contributed by atoms with E-state index in [9.17, 15) is 5.11 Å². The van der Waals surface area contributed by atoms with Crippen LogP contribution in [0.3, 0.4) is 0 Å². The summed E-state index contributed by atoms with van der Waals surface area (Å²) in [6, 6.07) is 2.63. The van der Waals surface area contributed by atoms with Gasteiger partial charge < -0.3 is 10.0 Å². The summed E-state index contributed by atoms with van der Waals surface area (Å²) in [6.07, 6.45) is 11.8. The van der Waals surface area contributed by atoms with Gasteiger partial charge in [0.1, 0.15) is 0 Å². The lowest BCUT2D eigenvalue weighted by molar-refractivity contribution is 0.241. The molecule has 2 heterocycles. The Balaban J connectivity index is 1.89. The summed E-state index contributed by atoms with van der Waals surface area (Å²) < 4.78 is 0. The van der Waals surface area contributed by atoms with Crippen LogP contribution in [-0.2, 0) is 6.61 Å². The minimum Gasteiger partial charge on any atom is -0.392 e. The molecule has 0 aromatic carbocycles. The van der Waals surface area contributed by atoms with Gasteiger partial charge in [0.15, 0.2) is 0 Å². The first-order chi connectivity index (χ1) is 8.90. The van der Waals surface area contributed by atoms with Gasteiger partial charge in [0, 0.05) is 24.3 Å². The van der Waals surface area contributed by atoms with Gasteiger partial charge in [-0.05, 0) is 37.7 Å². The van der Waals surface area contributed by atoms with Crippen LogP contribution in [-0.4, -0.2) is 22.7 Å². The van der Waals surface area contributed by atoms with E-state index in [1.807, 2.05) is 12.3 Å². The Morgan fingerprint density at radius 3 is 2.94 bits per heavy atom. The highest BCUT2D eigenvalue weighted by atomic mass is 16.3. The number of hydrogen-bond acceptors (Lipinski definition) is 3. The van der Waals surface area contributed by atoms with Crippen LogP contribution in [0.1, 0.15) is 44.1 Å². The van der Waals surface area contributed by atoms with Gasteiger partial charge in [0.25, 0.3) is 0 Å². The second kappa shape index (κ2) is 5.27. The first-order valence-corrected chi connectivity index (χ1v) is 7.20. The summed E-state index contributed by atoms with van der Waals surface area (Å²) in [5.74, 6) is 0.860. The van der Waals surface area contributed by atoms with E-state index >= 15 is 0 Å². The van der Waals surface area contributed by atoms with Crippen molar-refractivity contribution < 1.29 is 5.11 Å². The summed E-state index contributed by atoms with van der Waals surface area (Å²) >= 11 is 0. The number of anilines is 1. The average molecular weight is 246 g/mol. The molecule has 0 bridgehead atoms. The lowest BCUT2D eigenvalue weighted by atomic mass is 9.78. The van der Waals surface area contributed by atoms with Crippen LogP contribution in [0.15, 0.2) is 18.5 Å². The number of nitrogens with zero attached hydrogens (tertiary/aromatic N) is 2. The van der Waals surface area contributed by atoms with Crippen molar-refractivity contribution in [3.63, 3.8) is 0 Å². The zero-order valence-corrected chi connectivity index (χ0v) is 10.9. The Bertz CT molecular complexity index is 405. The molecule has 1 saturated carbocycles. The van der Waals surface area contributed by atoms with Gasteiger partial charge in [0.2, 0.25) is 0 Å². The lowest BCUT2D eigenvalue weighted by Crippen LogP contribution is -2.47. The highest BCUT2D eigenvalue weighted by Crippen LogP contribution is 2.38. The average Bonchev–Trinajstić information content (AvgIpc) is 2.46. The Hall–Kier alpha value is -1.09. The first kappa shape index (κ1) is 12.0. The molecule has 2 atom stereocenters. The maximum atomic E-state index is 9.49. The number of hydrogen-bond donors (Lipinski definition) is 1. The molecule has 18 heavy (non-hydrogen) atoms. The Morgan fingerprint density at radius 1 is 1.22 bits per heavy atom. The van der Waals surface area contributed by atoms with E-state index in [0.717, 1.165) is 23.7 Å². The van der Waals surface area contributed by atoms with E-state index in [1.54, 1.807) is 6.20 Å². The molecular formula is C15H22N2O. The predicted octanol–water partition coefficient (Wildman–Crippen LogP) is 2.73. The molecular weight excluding hydrogens is 224 g/mol.